The molecule has 1 saturated heterocycles. The Hall–Kier alpha value is -1.03. The van der Waals surface area contributed by atoms with E-state index in [4.69, 9.17) is 11.6 Å². The lowest BCUT2D eigenvalue weighted by Crippen LogP contribution is -2.56. The normalized spacial score (nSPS) is 19.1. The highest BCUT2D eigenvalue weighted by atomic mass is 35.5. The van der Waals surface area contributed by atoms with Gasteiger partial charge in [0.15, 0.2) is 0 Å². The number of aromatic nitrogens is 1. The van der Waals surface area contributed by atoms with Gasteiger partial charge in [-0.25, -0.2) is 0 Å². The third-order valence-electron chi connectivity index (χ3n) is 2.98. The number of hydrogen-bond donors (Lipinski definition) is 3. The van der Waals surface area contributed by atoms with Crippen molar-refractivity contribution in [3.63, 3.8) is 0 Å². The van der Waals surface area contributed by atoms with Gasteiger partial charge >= 0.3 is 0 Å². The van der Waals surface area contributed by atoms with Crippen LogP contribution in [0, 0.1) is 0 Å². The molecule has 0 atom stereocenters. The summed E-state index contributed by atoms with van der Waals surface area (Å²) in [5.74, 6) is 0. The lowest BCUT2D eigenvalue weighted by Gasteiger charge is -2.37. The van der Waals surface area contributed by atoms with Crippen LogP contribution >= 0.6 is 11.6 Å². The molecule has 3 N–H and O–H groups in total. The number of halogens is 1. The van der Waals surface area contributed by atoms with Crippen molar-refractivity contribution in [2.75, 3.05) is 13.1 Å². The summed E-state index contributed by atoms with van der Waals surface area (Å²) in [6.45, 7) is 1.23. The molecule has 15 heavy (non-hydrogen) atoms. The molecule has 1 aliphatic heterocycles. The minimum atomic E-state index is -0.716. The second-order valence-electron chi connectivity index (χ2n) is 4.03. The average Bonchev–Trinajstić information content (AvgIpc) is 2.57. The quantitative estimate of drug-likeness (QED) is 0.687. The van der Waals surface area contributed by atoms with Crippen molar-refractivity contribution in [2.24, 2.45) is 0 Å². The topological polar surface area (TPSA) is 48.0 Å². The summed E-state index contributed by atoms with van der Waals surface area (Å²) in [6, 6.07) is 5.66. The van der Waals surface area contributed by atoms with Crippen molar-refractivity contribution in [2.45, 2.75) is 5.60 Å². The van der Waals surface area contributed by atoms with E-state index >= 15 is 0 Å². The zero-order chi connectivity index (χ0) is 10.5. The van der Waals surface area contributed by atoms with Crippen molar-refractivity contribution in [3.8, 4) is 0 Å². The molecule has 2 aromatic rings. The molecule has 3 nitrogen and oxygen atoms in total. The summed E-state index contributed by atoms with van der Waals surface area (Å²) in [5, 5.41) is 15.0. The third-order valence-corrected chi connectivity index (χ3v) is 3.22. The van der Waals surface area contributed by atoms with Crippen LogP contribution in [0.3, 0.4) is 0 Å². The summed E-state index contributed by atoms with van der Waals surface area (Å²) in [5.41, 5.74) is 1.21. The van der Waals surface area contributed by atoms with Crippen molar-refractivity contribution in [1.29, 1.82) is 0 Å². The second-order valence-corrected chi connectivity index (χ2v) is 4.46. The molecule has 0 radical (unpaired) electrons. The first-order chi connectivity index (χ1) is 7.19. The molecular weight excluding hydrogens is 212 g/mol. The van der Waals surface area contributed by atoms with E-state index in [-0.39, 0.29) is 0 Å². The molecule has 1 aliphatic rings. The van der Waals surface area contributed by atoms with Gasteiger partial charge in [-0.1, -0.05) is 17.7 Å². The fraction of sp³-hybridized carbons (Fsp3) is 0.273. The van der Waals surface area contributed by atoms with Crippen molar-refractivity contribution in [1.82, 2.24) is 10.3 Å². The molecule has 3 rings (SSSR count). The van der Waals surface area contributed by atoms with Gasteiger partial charge in [-0.3, -0.25) is 0 Å². The van der Waals surface area contributed by atoms with E-state index in [9.17, 15) is 5.11 Å². The van der Waals surface area contributed by atoms with E-state index in [0.717, 1.165) is 16.5 Å². The van der Waals surface area contributed by atoms with Crippen LogP contribution in [0.2, 0.25) is 5.02 Å². The smallest absolute Gasteiger partial charge is 0.116 e. The third kappa shape index (κ3) is 1.28. The van der Waals surface area contributed by atoms with Crippen molar-refractivity contribution >= 4 is 22.5 Å². The van der Waals surface area contributed by atoms with Gasteiger partial charge in [0.2, 0.25) is 0 Å². The summed E-state index contributed by atoms with van der Waals surface area (Å²) >= 11 is 5.90. The van der Waals surface area contributed by atoms with E-state index in [1.54, 1.807) is 0 Å². The van der Waals surface area contributed by atoms with E-state index in [0.29, 0.717) is 18.1 Å². The van der Waals surface area contributed by atoms with Crippen LogP contribution in [0.1, 0.15) is 5.56 Å². The molecule has 1 fully saturated rings. The molecule has 2 heterocycles. The predicted octanol–water partition coefficient (Wildman–Crippen LogP) is 1.61. The van der Waals surface area contributed by atoms with Gasteiger partial charge in [-0.05, 0) is 12.1 Å². The monoisotopic (exact) mass is 222 g/mol. The minimum absolute atomic E-state index is 0.614. The van der Waals surface area contributed by atoms with Crippen LogP contribution < -0.4 is 5.32 Å². The summed E-state index contributed by atoms with van der Waals surface area (Å²) in [7, 11) is 0. The standard InChI is InChI=1S/C11H11ClN2O/c12-7-1-2-8-9(4-14-10(8)3-7)11(15)5-13-6-11/h1-4,13-15H,5-6H2. The molecule has 0 amide bonds. The maximum atomic E-state index is 10.2. The van der Waals surface area contributed by atoms with Gasteiger partial charge in [0.1, 0.15) is 5.60 Å². The number of H-pyrrole nitrogens is 1. The second kappa shape index (κ2) is 2.98. The van der Waals surface area contributed by atoms with Crippen LogP contribution in [0.4, 0.5) is 0 Å². The fourth-order valence-electron chi connectivity index (χ4n) is 2.04. The minimum Gasteiger partial charge on any atom is -0.382 e. The Morgan fingerprint density at radius 1 is 1.33 bits per heavy atom. The molecule has 0 bridgehead atoms. The van der Waals surface area contributed by atoms with E-state index in [1.807, 2.05) is 24.4 Å². The lowest BCUT2D eigenvalue weighted by molar-refractivity contribution is -0.0132. The van der Waals surface area contributed by atoms with E-state index in [2.05, 4.69) is 10.3 Å². The highest BCUT2D eigenvalue weighted by molar-refractivity contribution is 6.31. The first-order valence-corrected chi connectivity index (χ1v) is 5.27. The molecule has 1 aromatic heterocycles. The first kappa shape index (κ1) is 9.21. The van der Waals surface area contributed by atoms with E-state index < -0.39 is 5.60 Å². The van der Waals surface area contributed by atoms with Crippen LogP contribution in [0.15, 0.2) is 24.4 Å². The van der Waals surface area contributed by atoms with Crippen LogP contribution in [0.5, 0.6) is 0 Å². The van der Waals surface area contributed by atoms with Gasteiger partial charge in [0.05, 0.1) is 0 Å². The lowest BCUT2D eigenvalue weighted by atomic mass is 9.88. The first-order valence-electron chi connectivity index (χ1n) is 4.89. The number of aliphatic hydroxyl groups is 1. The highest BCUT2D eigenvalue weighted by Gasteiger charge is 2.37. The fourth-order valence-corrected chi connectivity index (χ4v) is 2.21. The summed E-state index contributed by atoms with van der Waals surface area (Å²) in [4.78, 5) is 3.13. The largest absolute Gasteiger partial charge is 0.382 e. The molecule has 1 aromatic carbocycles. The Kier molecular flexibility index (Phi) is 1.83. The van der Waals surface area contributed by atoms with Crippen LogP contribution in [0.25, 0.3) is 10.9 Å². The number of rotatable bonds is 1. The molecule has 0 unspecified atom stereocenters. The molecular formula is C11H11ClN2O. The van der Waals surface area contributed by atoms with Crippen LogP contribution in [-0.4, -0.2) is 23.2 Å². The van der Waals surface area contributed by atoms with Gasteiger partial charge in [0.25, 0.3) is 0 Å². The van der Waals surface area contributed by atoms with Crippen LogP contribution in [-0.2, 0) is 5.60 Å². The van der Waals surface area contributed by atoms with Gasteiger partial charge in [0, 0.05) is 40.8 Å². The average molecular weight is 223 g/mol. The summed E-state index contributed by atoms with van der Waals surface area (Å²) < 4.78 is 0. The molecule has 0 saturated carbocycles. The zero-order valence-corrected chi connectivity index (χ0v) is 8.80. The SMILES string of the molecule is OC1(c2c[nH]c3cc(Cl)ccc23)CNC1. The molecule has 4 heteroatoms. The Morgan fingerprint density at radius 3 is 2.80 bits per heavy atom. The Morgan fingerprint density at radius 2 is 2.13 bits per heavy atom. The number of aromatic amines is 1. The summed E-state index contributed by atoms with van der Waals surface area (Å²) in [6.07, 6.45) is 1.86. The van der Waals surface area contributed by atoms with Crippen molar-refractivity contribution in [3.05, 3.63) is 35.0 Å². The molecule has 0 aliphatic carbocycles. The maximum absolute atomic E-state index is 10.2. The maximum Gasteiger partial charge on any atom is 0.116 e. The highest BCUT2D eigenvalue weighted by Crippen LogP contribution is 2.32. The number of fused-ring (bicyclic) bond motifs is 1. The molecule has 78 valence electrons. The van der Waals surface area contributed by atoms with Gasteiger partial charge in [-0.15, -0.1) is 0 Å². The predicted molar refractivity (Wildman–Crippen MR) is 60.1 cm³/mol. The van der Waals surface area contributed by atoms with Crippen molar-refractivity contribution < 1.29 is 5.11 Å². The zero-order valence-electron chi connectivity index (χ0n) is 8.05. The molecule has 0 spiro atoms. The van der Waals surface area contributed by atoms with Gasteiger partial charge < -0.3 is 15.4 Å². The number of β-amino-alcohol motifs (C(OH)–C–C–N with tert-alkyl or cyclic N) is 1. The Bertz CT molecular complexity index is 516. The Balaban J connectivity index is 2.20. The number of hydrogen-bond acceptors (Lipinski definition) is 2. The van der Waals surface area contributed by atoms with E-state index in [1.165, 1.54) is 0 Å². The number of benzene rings is 1. The number of nitrogens with one attached hydrogen (secondary N) is 2. The van der Waals surface area contributed by atoms with Gasteiger partial charge in [-0.2, -0.15) is 0 Å². The Labute approximate surface area is 92.1 Å².